The normalized spacial score (nSPS) is 14.2. The largest absolute Gasteiger partial charge is 0.444 e. The monoisotopic (exact) mass is 268 g/mol. The van der Waals surface area contributed by atoms with E-state index in [0.717, 1.165) is 13.1 Å². The van der Waals surface area contributed by atoms with Crippen LogP contribution in [0.4, 0.5) is 4.79 Å². The summed E-state index contributed by atoms with van der Waals surface area (Å²) < 4.78 is 4.94. The molecule has 13 heavy (non-hydrogen) atoms. The van der Waals surface area contributed by atoms with E-state index in [4.69, 9.17) is 4.74 Å². The van der Waals surface area contributed by atoms with Crippen molar-refractivity contribution < 1.29 is 9.53 Å². The maximum absolute atomic E-state index is 10.9. The molecule has 1 amide bonds. The first-order chi connectivity index (χ1) is 5.83. The Morgan fingerprint density at radius 1 is 1.69 bits per heavy atom. The Kier molecular flexibility index (Phi) is 6.77. The van der Waals surface area contributed by atoms with Crippen LogP contribution in [0.15, 0.2) is 0 Å². The van der Waals surface area contributed by atoms with E-state index in [1.165, 1.54) is 0 Å². The van der Waals surface area contributed by atoms with Gasteiger partial charge < -0.3 is 15.4 Å². The predicted octanol–water partition coefficient (Wildman–Crippen LogP) is 0.462. The van der Waals surface area contributed by atoms with Gasteiger partial charge in [-0.3, -0.25) is 0 Å². The molecule has 0 saturated carbocycles. The minimum Gasteiger partial charge on any atom is -0.444 e. The highest BCUT2D eigenvalue weighted by atomic mass is 79.9. The van der Waals surface area contributed by atoms with Gasteiger partial charge in [0.25, 0.3) is 0 Å². The lowest BCUT2D eigenvalue weighted by molar-refractivity contribution is 0.0679. The summed E-state index contributed by atoms with van der Waals surface area (Å²) in [6, 6.07) is 0. The minimum absolute atomic E-state index is 0. The molecule has 0 radical (unpaired) electrons. The van der Waals surface area contributed by atoms with E-state index >= 15 is 0 Å². The average molecular weight is 270 g/mol. The average Bonchev–Trinajstić information content (AvgIpc) is 1.98. The molecule has 2 N–H and O–H groups in total. The molecule has 0 atom stereocenters. The molecule has 4 nitrogen and oxygen atoms in total. The maximum atomic E-state index is 10.9. The van der Waals surface area contributed by atoms with Crippen molar-refractivity contribution >= 4 is 34.4 Å². The van der Waals surface area contributed by atoms with Gasteiger partial charge in [0, 0.05) is 29.0 Å². The molecule has 1 aliphatic heterocycles. The molecule has 0 aliphatic carbocycles. The van der Waals surface area contributed by atoms with Crippen molar-refractivity contribution in [1.82, 2.24) is 10.6 Å². The summed E-state index contributed by atoms with van der Waals surface area (Å²) in [7, 11) is 0. The Balaban J connectivity index is 0.00000144. The highest BCUT2D eigenvalue weighted by Gasteiger charge is 2.20. The van der Waals surface area contributed by atoms with Crippen LogP contribution in [-0.4, -0.2) is 31.8 Å². The van der Waals surface area contributed by atoms with E-state index in [1.807, 2.05) is 0 Å². The summed E-state index contributed by atoms with van der Waals surface area (Å²) in [5, 5.41) is 5.48. The fraction of sp³-hybridized carbons (Fsp3) is 0.571. The first-order valence-electron chi connectivity index (χ1n) is 3.56. The van der Waals surface area contributed by atoms with Crippen LogP contribution in [0, 0.1) is 10.8 Å². The topological polar surface area (TPSA) is 50.4 Å². The van der Waals surface area contributed by atoms with Gasteiger partial charge in [0.1, 0.15) is 6.10 Å². The minimum atomic E-state index is -0.406. The fourth-order valence-electron chi connectivity index (χ4n) is 0.688. The third-order valence-electron chi connectivity index (χ3n) is 1.41. The third-order valence-corrected chi connectivity index (χ3v) is 1.69. The van der Waals surface area contributed by atoms with Gasteiger partial charge in [-0.15, -0.1) is 12.4 Å². The SMILES string of the molecule is Cl.O=C(NCC#CBr)OC1CNC1. The van der Waals surface area contributed by atoms with Crippen molar-refractivity contribution in [3.63, 3.8) is 0 Å². The van der Waals surface area contributed by atoms with Crippen LogP contribution >= 0.6 is 28.3 Å². The predicted molar refractivity (Wildman–Crippen MR) is 55.1 cm³/mol. The Morgan fingerprint density at radius 3 is 2.85 bits per heavy atom. The Morgan fingerprint density at radius 2 is 2.38 bits per heavy atom. The molecule has 1 saturated heterocycles. The van der Waals surface area contributed by atoms with Crippen LogP contribution in [0.3, 0.4) is 0 Å². The van der Waals surface area contributed by atoms with Crippen LogP contribution in [-0.2, 0) is 4.74 Å². The second kappa shape index (κ2) is 7.01. The zero-order valence-electron chi connectivity index (χ0n) is 6.80. The third kappa shape index (κ3) is 4.98. The van der Waals surface area contributed by atoms with Gasteiger partial charge >= 0.3 is 6.09 Å². The molecule has 1 aliphatic rings. The number of hydrogen-bond donors (Lipinski definition) is 2. The fourth-order valence-corrected chi connectivity index (χ4v) is 0.829. The number of nitrogens with one attached hydrogen (secondary N) is 2. The van der Waals surface area contributed by atoms with Gasteiger partial charge in [-0.05, 0) is 4.83 Å². The first kappa shape index (κ1) is 12.6. The van der Waals surface area contributed by atoms with Crippen molar-refractivity contribution in [3.8, 4) is 10.8 Å². The van der Waals surface area contributed by atoms with E-state index in [-0.39, 0.29) is 18.5 Å². The molecule has 74 valence electrons. The molecule has 0 aromatic heterocycles. The number of rotatable bonds is 2. The molecule has 0 bridgehead atoms. The zero-order valence-corrected chi connectivity index (χ0v) is 9.20. The summed E-state index contributed by atoms with van der Waals surface area (Å²) in [6.45, 7) is 1.80. The number of amides is 1. The van der Waals surface area contributed by atoms with Crippen LogP contribution < -0.4 is 10.6 Å². The lowest BCUT2D eigenvalue weighted by Crippen LogP contribution is -2.50. The summed E-state index contributed by atoms with van der Waals surface area (Å²) in [4.78, 5) is 13.4. The van der Waals surface area contributed by atoms with E-state index in [9.17, 15) is 4.79 Å². The van der Waals surface area contributed by atoms with Gasteiger partial charge in [0.2, 0.25) is 0 Å². The number of carbonyl (C=O) groups excluding carboxylic acids is 1. The molecule has 0 aromatic rings. The van der Waals surface area contributed by atoms with Crippen LogP contribution in [0.5, 0.6) is 0 Å². The van der Waals surface area contributed by atoms with Gasteiger partial charge in [0.15, 0.2) is 0 Å². The van der Waals surface area contributed by atoms with Crippen molar-refractivity contribution in [2.24, 2.45) is 0 Å². The smallest absolute Gasteiger partial charge is 0.408 e. The lowest BCUT2D eigenvalue weighted by Gasteiger charge is -2.26. The summed E-state index contributed by atoms with van der Waals surface area (Å²) in [5.74, 6) is 2.63. The summed E-state index contributed by atoms with van der Waals surface area (Å²) in [5.41, 5.74) is 0. The van der Waals surface area contributed by atoms with Crippen molar-refractivity contribution in [1.29, 1.82) is 0 Å². The zero-order chi connectivity index (χ0) is 8.81. The number of alkyl carbamates (subject to hydrolysis) is 1. The molecule has 0 spiro atoms. The van der Waals surface area contributed by atoms with Crippen molar-refractivity contribution in [2.45, 2.75) is 6.10 Å². The van der Waals surface area contributed by atoms with E-state index in [2.05, 4.69) is 37.3 Å². The number of ether oxygens (including phenoxy) is 1. The van der Waals surface area contributed by atoms with Crippen LogP contribution in [0.25, 0.3) is 0 Å². The van der Waals surface area contributed by atoms with Gasteiger partial charge in [0.05, 0.1) is 6.54 Å². The lowest BCUT2D eigenvalue weighted by atomic mass is 10.2. The molecule has 0 aromatic carbocycles. The second-order valence-electron chi connectivity index (χ2n) is 2.31. The molecule has 1 rings (SSSR count). The molecule has 0 unspecified atom stereocenters. The van der Waals surface area contributed by atoms with Crippen LogP contribution in [0.1, 0.15) is 0 Å². The van der Waals surface area contributed by atoms with Crippen molar-refractivity contribution in [2.75, 3.05) is 19.6 Å². The van der Waals surface area contributed by atoms with Gasteiger partial charge in [-0.2, -0.15) is 0 Å². The highest BCUT2D eigenvalue weighted by Crippen LogP contribution is 1.97. The van der Waals surface area contributed by atoms with Crippen molar-refractivity contribution in [3.05, 3.63) is 0 Å². The standard InChI is InChI=1S/C7H9BrN2O2.ClH/c8-2-1-3-10-7(11)12-6-4-9-5-6;/h6,9H,3-5H2,(H,10,11);1H. The van der Waals surface area contributed by atoms with E-state index in [1.54, 1.807) is 0 Å². The Bertz CT molecular complexity index is 222. The number of hydrogen-bond acceptors (Lipinski definition) is 3. The molecule has 6 heteroatoms. The van der Waals surface area contributed by atoms with Crippen LogP contribution in [0.2, 0.25) is 0 Å². The van der Waals surface area contributed by atoms with Gasteiger partial charge in [-0.25, -0.2) is 4.79 Å². The Labute approximate surface area is 91.3 Å². The number of carbonyl (C=O) groups is 1. The Hall–Kier alpha value is -0.440. The van der Waals surface area contributed by atoms with E-state index in [0.29, 0.717) is 6.54 Å². The quantitative estimate of drug-likeness (QED) is 0.716. The highest BCUT2D eigenvalue weighted by molar-refractivity contribution is 9.12. The maximum Gasteiger partial charge on any atom is 0.408 e. The summed E-state index contributed by atoms with van der Waals surface area (Å²) >= 11 is 2.91. The van der Waals surface area contributed by atoms with E-state index < -0.39 is 6.09 Å². The second-order valence-corrected chi connectivity index (χ2v) is 2.71. The molecule has 1 fully saturated rings. The summed E-state index contributed by atoms with van der Waals surface area (Å²) in [6.07, 6.45) is -0.376. The first-order valence-corrected chi connectivity index (χ1v) is 4.36. The molecule has 1 heterocycles. The number of halogens is 2. The van der Waals surface area contributed by atoms with Gasteiger partial charge in [-0.1, -0.05) is 5.92 Å². The molecular formula is C7H10BrClN2O2. The molecular weight excluding hydrogens is 259 g/mol.